The maximum Gasteiger partial charge on any atom is 0.340 e. The number of amides is 1. The van der Waals surface area contributed by atoms with E-state index in [1.165, 1.54) is 103 Å². The SMILES string of the molecule is CCCCCCCCCCCCCCCCCCCCCC(=O)NC(C(=O)OCC)C(=O)OCC. The molecular weight excluding hydrogens is 442 g/mol. The van der Waals surface area contributed by atoms with E-state index in [-0.39, 0.29) is 19.1 Å². The van der Waals surface area contributed by atoms with E-state index in [4.69, 9.17) is 9.47 Å². The van der Waals surface area contributed by atoms with Gasteiger partial charge >= 0.3 is 11.9 Å². The van der Waals surface area contributed by atoms with Crippen molar-refractivity contribution >= 4 is 17.8 Å². The monoisotopic (exact) mass is 497 g/mol. The van der Waals surface area contributed by atoms with Gasteiger partial charge in [-0.05, 0) is 20.3 Å². The highest BCUT2D eigenvalue weighted by Gasteiger charge is 2.30. The Hall–Kier alpha value is -1.59. The lowest BCUT2D eigenvalue weighted by Gasteiger charge is -2.15. The fourth-order valence-electron chi connectivity index (χ4n) is 4.26. The Morgan fingerprint density at radius 3 is 1.14 bits per heavy atom. The van der Waals surface area contributed by atoms with Gasteiger partial charge in [0.2, 0.25) is 11.9 Å². The van der Waals surface area contributed by atoms with Gasteiger partial charge in [-0.2, -0.15) is 0 Å². The molecule has 0 aliphatic carbocycles. The quantitative estimate of drug-likeness (QED) is 0.0806. The van der Waals surface area contributed by atoms with Gasteiger partial charge in [0.15, 0.2) is 0 Å². The molecule has 0 unspecified atom stereocenters. The van der Waals surface area contributed by atoms with Gasteiger partial charge in [-0.25, -0.2) is 9.59 Å². The standard InChI is InChI=1S/C29H55NO5/c1-4-7-8-9-10-11-12-13-14-15-16-17-18-19-20-21-22-23-24-25-26(31)30-27(28(32)34-5-2)29(33)35-6-3/h27H,4-25H2,1-3H3,(H,30,31). The summed E-state index contributed by atoms with van der Waals surface area (Å²) in [5.74, 6) is -1.86. The molecular formula is C29H55NO5. The number of hydrogen-bond acceptors (Lipinski definition) is 5. The first-order chi connectivity index (χ1) is 17.1. The lowest BCUT2D eigenvalue weighted by molar-refractivity contribution is -0.159. The Kier molecular flexibility index (Phi) is 24.3. The summed E-state index contributed by atoms with van der Waals surface area (Å²) in [5.41, 5.74) is 0. The Bertz CT molecular complexity index is 505. The van der Waals surface area contributed by atoms with Crippen LogP contribution in [0, 0.1) is 0 Å². The molecule has 0 rings (SSSR count). The molecule has 0 radical (unpaired) electrons. The molecule has 206 valence electrons. The molecule has 0 heterocycles. The molecule has 0 aliphatic rings. The first kappa shape index (κ1) is 33.4. The molecule has 1 amide bonds. The van der Waals surface area contributed by atoms with Crippen molar-refractivity contribution in [1.82, 2.24) is 5.32 Å². The van der Waals surface area contributed by atoms with Gasteiger partial charge in [0.25, 0.3) is 0 Å². The van der Waals surface area contributed by atoms with Crippen LogP contribution in [0.3, 0.4) is 0 Å². The molecule has 0 saturated carbocycles. The van der Waals surface area contributed by atoms with Gasteiger partial charge in [-0.15, -0.1) is 0 Å². The van der Waals surface area contributed by atoms with Crippen LogP contribution in [0.1, 0.15) is 149 Å². The highest BCUT2D eigenvalue weighted by atomic mass is 16.6. The summed E-state index contributed by atoms with van der Waals surface area (Å²) < 4.78 is 9.73. The second-order valence-electron chi connectivity index (χ2n) is 9.62. The molecule has 6 heteroatoms. The molecule has 35 heavy (non-hydrogen) atoms. The molecule has 0 fully saturated rings. The zero-order chi connectivity index (χ0) is 26.0. The molecule has 0 aromatic carbocycles. The van der Waals surface area contributed by atoms with Crippen molar-refractivity contribution in [2.45, 2.75) is 155 Å². The number of carbonyl (C=O) groups excluding carboxylic acids is 3. The molecule has 0 aromatic rings. The second kappa shape index (κ2) is 25.5. The van der Waals surface area contributed by atoms with Gasteiger partial charge < -0.3 is 14.8 Å². The molecule has 0 atom stereocenters. The third kappa shape index (κ3) is 21.4. The molecule has 0 aliphatic heterocycles. The van der Waals surface area contributed by atoms with E-state index in [2.05, 4.69) is 12.2 Å². The van der Waals surface area contributed by atoms with Crippen molar-refractivity contribution in [3.8, 4) is 0 Å². The highest BCUT2D eigenvalue weighted by Crippen LogP contribution is 2.14. The van der Waals surface area contributed by atoms with E-state index >= 15 is 0 Å². The van der Waals surface area contributed by atoms with Crippen LogP contribution in [0.5, 0.6) is 0 Å². The topological polar surface area (TPSA) is 81.7 Å². The van der Waals surface area contributed by atoms with E-state index in [0.29, 0.717) is 6.42 Å². The average molecular weight is 498 g/mol. The number of carbonyl (C=O) groups is 3. The fourth-order valence-corrected chi connectivity index (χ4v) is 4.26. The summed E-state index contributed by atoms with van der Waals surface area (Å²) in [6, 6.07) is -1.37. The van der Waals surface area contributed by atoms with Crippen LogP contribution in [0.15, 0.2) is 0 Å². The number of esters is 2. The van der Waals surface area contributed by atoms with Crippen molar-refractivity contribution in [3.63, 3.8) is 0 Å². The summed E-state index contributed by atoms with van der Waals surface area (Å²) in [4.78, 5) is 35.9. The van der Waals surface area contributed by atoms with E-state index < -0.39 is 18.0 Å². The van der Waals surface area contributed by atoms with Crippen molar-refractivity contribution in [1.29, 1.82) is 0 Å². The largest absolute Gasteiger partial charge is 0.464 e. The Balaban J connectivity index is 3.54. The minimum atomic E-state index is -1.37. The number of ether oxygens (including phenoxy) is 2. The van der Waals surface area contributed by atoms with Gasteiger partial charge in [-0.1, -0.05) is 122 Å². The summed E-state index contributed by atoms with van der Waals surface area (Å²) in [6.07, 6.45) is 25.1. The third-order valence-electron chi connectivity index (χ3n) is 6.36. The zero-order valence-electron chi connectivity index (χ0n) is 23.2. The summed E-state index contributed by atoms with van der Waals surface area (Å²) in [7, 11) is 0. The third-order valence-corrected chi connectivity index (χ3v) is 6.36. The summed E-state index contributed by atoms with van der Waals surface area (Å²) in [6.45, 7) is 5.87. The van der Waals surface area contributed by atoms with Crippen LogP contribution < -0.4 is 5.32 Å². The van der Waals surface area contributed by atoms with Crippen LogP contribution in [-0.4, -0.2) is 37.1 Å². The molecule has 0 spiro atoms. The predicted molar refractivity (Wildman–Crippen MR) is 143 cm³/mol. The van der Waals surface area contributed by atoms with E-state index in [9.17, 15) is 14.4 Å². The van der Waals surface area contributed by atoms with Crippen LogP contribution >= 0.6 is 0 Å². The molecule has 6 nitrogen and oxygen atoms in total. The first-order valence-corrected chi connectivity index (χ1v) is 14.7. The number of unbranched alkanes of at least 4 members (excludes halogenated alkanes) is 18. The molecule has 0 aromatic heterocycles. The molecule has 0 saturated heterocycles. The van der Waals surface area contributed by atoms with Crippen LogP contribution in [0.4, 0.5) is 0 Å². The van der Waals surface area contributed by atoms with Crippen molar-refractivity contribution in [3.05, 3.63) is 0 Å². The Morgan fingerprint density at radius 1 is 0.514 bits per heavy atom. The highest BCUT2D eigenvalue weighted by molar-refractivity contribution is 6.02. The Labute approximate surface area is 215 Å². The molecule has 1 N–H and O–H groups in total. The second-order valence-corrected chi connectivity index (χ2v) is 9.62. The summed E-state index contributed by atoms with van der Waals surface area (Å²) >= 11 is 0. The lowest BCUT2D eigenvalue weighted by atomic mass is 10.0. The van der Waals surface area contributed by atoms with E-state index in [1.807, 2.05) is 0 Å². The van der Waals surface area contributed by atoms with E-state index in [1.54, 1.807) is 13.8 Å². The minimum Gasteiger partial charge on any atom is -0.464 e. The summed E-state index contributed by atoms with van der Waals surface area (Å²) in [5, 5.41) is 2.46. The number of nitrogens with one attached hydrogen (secondary N) is 1. The van der Waals surface area contributed by atoms with Gasteiger partial charge in [0, 0.05) is 6.42 Å². The first-order valence-electron chi connectivity index (χ1n) is 14.7. The maximum atomic E-state index is 12.1. The number of rotatable bonds is 25. The smallest absolute Gasteiger partial charge is 0.340 e. The maximum absolute atomic E-state index is 12.1. The normalized spacial score (nSPS) is 11.0. The van der Waals surface area contributed by atoms with Crippen LogP contribution in [0.25, 0.3) is 0 Å². The van der Waals surface area contributed by atoms with Crippen LogP contribution in [0.2, 0.25) is 0 Å². The van der Waals surface area contributed by atoms with Crippen molar-refractivity contribution < 1.29 is 23.9 Å². The fraction of sp³-hybridized carbons (Fsp3) is 0.897. The average Bonchev–Trinajstić information content (AvgIpc) is 2.84. The van der Waals surface area contributed by atoms with Gasteiger partial charge in [0.05, 0.1) is 13.2 Å². The van der Waals surface area contributed by atoms with Gasteiger partial charge in [0.1, 0.15) is 0 Å². The van der Waals surface area contributed by atoms with Crippen LogP contribution in [-0.2, 0) is 23.9 Å². The zero-order valence-corrected chi connectivity index (χ0v) is 23.2. The van der Waals surface area contributed by atoms with Crippen molar-refractivity contribution in [2.24, 2.45) is 0 Å². The minimum absolute atomic E-state index is 0.143. The Morgan fingerprint density at radius 2 is 0.829 bits per heavy atom. The lowest BCUT2D eigenvalue weighted by Crippen LogP contribution is -2.48. The van der Waals surface area contributed by atoms with Crippen molar-refractivity contribution in [2.75, 3.05) is 13.2 Å². The number of hydrogen-bond donors (Lipinski definition) is 1. The van der Waals surface area contributed by atoms with E-state index in [0.717, 1.165) is 19.3 Å². The predicted octanol–water partition coefficient (Wildman–Crippen LogP) is 7.42. The van der Waals surface area contributed by atoms with Gasteiger partial charge in [-0.3, -0.25) is 4.79 Å². The molecule has 0 bridgehead atoms.